The van der Waals surface area contributed by atoms with Crippen molar-refractivity contribution in [1.82, 2.24) is 19.4 Å². The molecule has 1 amide bonds. The third kappa shape index (κ3) is 3.21. The lowest BCUT2D eigenvalue weighted by Crippen LogP contribution is -2.47. The van der Waals surface area contributed by atoms with Gasteiger partial charge in [0.25, 0.3) is 0 Å². The molecule has 0 spiro atoms. The maximum Gasteiger partial charge on any atom is 0.429 e. The van der Waals surface area contributed by atoms with Crippen molar-refractivity contribution in [2.24, 2.45) is 0 Å². The van der Waals surface area contributed by atoms with Gasteiger partial charge in [0.2, 0.25) is 0 Å². The molecule has 0 aliphatic rings. The van der Waals surface area contributed by atoms with Crippen molar-refractivity contribution < 1.29 is 9.53 Å². The number of amides is 1. The second-order valence-electron chi connectivity index (χ2n) is 5.32. The number of hydrogen-bond donors (Lipinski definition) is 0. The minimum absolute atomic E-state index is 0.210. The van der Waals surface area contributed by atoms with Gasteiger partial charge in [-0.25, -0.2) is 14.6 Å². The van der Waals surface area contributed by atoms with Gasteiger partial charge in [0, 0.05) is 24.5 Å². The van der Waals surface area contributed by atoms with Crippen LogP contribution >= 0.6 is 0 Å². The summed E-state index contributed by atoms with van der Waals surface area (Å²) in [6.45, 7) is 3.93. The van der Waals surface area contributed by atoms with Crippen molar-refractivity contribution in [3.8, 4) is 17.1 Å². The van der Waals surface area contributed by atoms with E-state index in [1.807, 2.05) is 18.2 Å². The van der Waals surface area contributed by atoms with E-state index in [1.54, 1.807) is 50.5 Å². The molecular formula is C18H19N5O3. The Kier molecular flexibility index (Phi) is 5.12. The predicted molar refractivity (Wildman–Crippen MR) is 96.8 cm³/mol. The third-order valence-electron chi connectivity index (χ3n) is 3.72. The highest BCUT2D eigenvalue weighted by Gasteiger charge is 2.25. The number of carbonyl (C=O) groups excluding carboxylic acids is 1. The molecule has 0 radical (unpaired) electrons. The van der Waals surface area contributed by atoms with Crippen molar-refractivity contribution in [2.45, 2.75) is 13.8 Å². The van der Waals surface area contributed by atoms with Gasteiger partial charge in [-0.15, -0.1) is 5.10 Å². The van der Waals surface area contributed by atoms with E-state index >= 15 is 0 Å². The van der Waals surface area contributed by atoms with Gasteiger partial charge in [-0.2, -0.15) is 9.36 Å². The average Bonchev–Trinajstić information content (AvgIpc) is 3.01. The van der Waals surface area contributed by atoms with Crippen LogP contribution in [-0.2, 0) is 4.74 Å². The highest BCUT2D eigenvalue weighted by Crippen LogP contribution is 2.16. The zero-order valence-electron chi connectivity index (χ0n) is 14.6. The summed E-state index contributed by atoms with van der Waals surface area (Å²) in [7, 11) is 0. The quantitative estimate of drug-likeness (QED) is 0.702. The lowest BCUT2D eigenvalue weighted by Gasteiger charge is -2.21. The smallest absolute Gasteiger partial charge is 0.429 e. The van der Waals surface area contributed by atoms with Crippen LogP contribution < -0.4 is 10.7 Å². The van der Waals surface area contributed by atoms with Crippen LogP contribution in [-0.4, -0.2) is 38.7 Å². The molecule has 0 fully saturated rings. The largest absolute Gasteiger partial charge is 0.448 e. The molecule has 1 aromatic carbocycles. The maximum absolute atomic E-state index is 13.1. The summed E-state index contributed by atoms with van der Waals surface area (Å²) in [5.41, 5.74) is 0.805. The summed E-state index contributed by atoms with van der Waals surface area (Å²) in [4.78, 5) is 29.4. The number of aromatic nitrogens is 4. The molecule has 0 aliphatic carbocycles. The van der Waals surface area contributed by atoms with Crippen LogP contribution in [0.2, 0.25) is 0 Å². The van der Waals surface area contributed by atoms with Gasteiger partial charge in [-0.1, -0.05) is 18.2 Å². The molecule has 0 saturated heterocycles. The zero-order chi connectivity index (χ0) is 18.5. The van der Waals surface area contributed by atoms with Gasteiger partial charge in [-0.3, -0.25) is 4.98 Å². The van der Waals surface area contributed by atoms with E-state index in [0.717, 1.165) is 0 Å². The van der Waals surface area contributed by atoms with E-state index in [-0.39, 0.29) is 13.2 Å². The molecule has 8 heteroatoms. The highest BCUT2D eigenvalue weighted by atomic mass is 16.6. The first kappa shape index (κ1) is 17.4. The van der Waals surface area contributed by atoms with Gasteiger partial charge in [0.15, 0.2) is 5.82 Å². The van der Waals surface area contributed by atoms with Crippen molar-refractivity contribution in [3.05, 3.63) is 65.3 Å². The Morgan fingerprint density at radius 1 is 1.12 bits per heavy atom. The fraction of sp³-hybridized carbons (Fsp3) is 0.222. The lowest BCUT2D eigenvalue weighted by molar-refractivity contribution is 0.153. The Morgan fingerprint density at radius 3 is 2.42 bits per heavy atom. The summed E-state index contributed by atoms with van der Waals surface area (Å²) in [5.74, 6) is 0.330. The van der Waals surface area contributed by atoms with E-state index in [0.29, 0.717) is 17.1 Å². The Hall–Kier alpha value is -3.42. The number of carbonyl (C=O) groups is 1. The first-order valence-corrected chi connectivity index (χ1v) is 8.29. The topological polar surface area (TPSA) is 82.2 Å². The van der Waals surface area contributed by atoms with E-state index in [1.165, 1.54) is 14.4 Å². The minimum Gasteiger partial charge on any atom is -0.448 e. The first-order valence-electron chi connectivity index (χ1n) is 8.29. The Labute approximate surface area is 150 Å². The molecule has 0 aliphatic heterocycles. The number of hydrogen-bond acceptors (Lipinski definition) is 5. The standard InChI is InChI=1S/C18H19N5O3/c1-3-21(18(25)26-4-2)23-16(14-10-12-19-13-11-14)20-22(17(23)24)15-8-6-5-7-9-15/h5-13H,3-4H2,1-2H3. The van der Waals surface area contributed by atoms with Crippen LogP contribution in [0.25, 0.3) is 17.1 Å². The van der Waals surface area contributed by atoms with Crippen molar-refractivity contribution >= 4 is 6.09 Å². The molecule has 0 atom stereocenters. The molecule has 2 aromatic heterocycles. The van der Waals surface area contributed by atoms with Gasteiger partial charge >= 0.3 is 11.8 Å². The molecule has 0 saturated carbocycles. The molecule has 2 heterocycles. The first-order chi connectivity index (χ1) is 12.7. The second kappa shape index (κ2) is 7.64. The molecule has 26 heavy (non-hydrogen) atoms. The molecule has 0 bridgehead atoms. The second-order valence-corrected chi connectivity index (χ2v) is 5.32. The Balaban J connectivity index is 2.22. The van der Waals surface area contributed by atoms with Crippen molar-refractivity contribution in [2.75, 3.05) is 18.2 Å². The van der Waals surface area contributed by atoms with Crippen LogP contribution in [0.3, 0.4) is 0 Å². The van der Waals surface area contributed by atoms with Gasteiger partial charge in [-0.05, 0) is 38.1 Å². The molecule has 3 rings (SSSR count). The molecule has 3 aromatic rings. The summed E-state index contributed by atoms with van der Waals surface area (Å²) < 4.78 is 7.59. The number of para-hydroxylation sites is 1. The minimum atomic E-state index is -0.611. The molecule has 134 valence electrons. The zero-order valence-corrected chi connectivity index (χ0v) is 14.6. The number of rotatable bonds is 5. The van der Waals surface area contributed by atoms with Crippen molar-refractivity contribution in [1.29, 1.82) is 0 Å². The number of benzene rings is 1. The van der Waals surface area contributed by atoms with E-state index in [2.05, 4.69) is 10.1 Å². The summed E-state index contributed by atoms with van der Waals surface area (Å²) in [5, 5.41) is 5.68. The third-order valence-corrected chi connectivity index (χ3v) is 3.72. The van der Waals surface area contributed by atoms with Crippen LogP contribution in [0.5, 0.6) is 0 Å². The number of pyridine rings is 1. The Bertz CT molecular complexity index is 934. The molecule has 0 unspecified atom stereocenters. The SMILES string of the molecule is CCOC(=O)N(CC)n1c(-c2ccncc2)nn(-c2ccccc2)c1=O. The summed E-state index contributed by atoms with van der Waals surface area (Å²) >= 11 is 0. The Morgan fingerprint density at radius 2 is 1.81 bits per heavy atom. The lowest BCUT2D eigenvalue weighted by atomic mass is 10.2. The summed E-state index contributed by atoms with van der Waals surface area (Å²) in [6.07, 6.45) is 2.60. The van der Waals surface area contributed by atoms with Crippen LogP contribution in [0.4, 0.5) is 4.79 Å². The normalized spacial score (nSPS) is 10.5. The monoisotopic (exact) mass is 353 g/mol. The number of ether oxygens (including phenoxy) is 1. The van der Waals surface area contributed by atoms with Crippen LogP contribution in [0, 0.1) is 0 Å². The summed E-state index contributed by atoms with van der Waals surface area (Å²) in [6, 6.07) is 12.5. The van der Waals surface area contributed by atoms with E-state index < -0.39 is 11.8 Å². The van der Waals surface area contributed by atoms with Gasteiger partial charge in [0.1, 0.15) is 0 Å². The molecular weight excluding hydrogens is 334 g/mol. The predicted octanol–water partition coefficient (Wildman–Crippen LogP) is 2.21. The van der Waals surface area contributed by atoms with Crippen LogP contribution in [0.15, 0.2) is 59.7 Å². The van der Waals surface area contributed by atoms with E-state index in [4.69, 9.17) is 4.74 Å². The fourth-order valence-electron chi connectivity index (χ4n) is 2.55. The number of nitrogens with zero attached hydrogens (tertiary/aromatic N) is 5. The van der Waals surface area contributed by atoms with Gasteiger partial charge in [0.05, 0.1) is 12.3 Å². The van der Waals surface area contributed by atoms with Crippen molar-refractivity contribution in [3.63, 3.8) is 0 Å². The average molecular weight is 353 g/mol. The highest BCUT2D eigenvalue weighted by molar-refractivity contribution is 5.79. The maximum atomic E-state index is 13.1. The van der Waals surface area contributed by atoms with Crippen LogP contribution in [0.1, 0.15) is 13.8 Å². The van der Waals surface area contributed by atoms with E-state index in [9.17, 15) is 9.59 Å². The van der Waals surface area contributed by atoms with Gasteiger partial charge < -0.3 is 4.74 Å². The molecule has 8 nitrogen and oxygen atoms in total. The molecule has 0 N–H and O–H groups in total. The fourth-order valence-corrected chi connectivity index (χ4v) is 2.55.